The second kappa shape index (κ2) is 4.56. The Labute approximate surface area is 90.1 Å². The molecule has 0 aromatic heterocycles. The zero-order valence-corrected chi connectivity index (χ0v) is 8.99. The summed E-state index contributed by atoms with van der Waals surface area (Å²) in [5, 5.41) is 0. The summed E-state index contributed by atoms with van der Waals surface area (Å²) in [6.07, 6.45) is 12.2. The molecule has 1 aliphatic heterocycles. The van der Waals surface area contributed by atoms with Crippen molar-refractivity contribution in [2.75, 3.05) is 0 Å². The lowest BCUT2D eigenvalue weighted by Gasteiger charge is -2.16. The fourth-order valence-electron chi connectivity index (χ4n) is 2.03. The van der Waals surface area contributed by atoms with Gasteiger partial charge < -0.3 is 0 Å². The van der Waals surface area contributed by atoms with Gasteiger partial charge in [-0.2, -0.15) is 0 Å². The van der Waals surface area contributed by atoms with E-state index in [2.05, 4.69) is 24.1 Å². The molecule has 0 saturated heterocycles. The van der Waals surface area contributed by atoms with Crippen LogP contribution in [0.5, 0.6) is 0 Å². The van der Waals surface area contributed by atoms with Crippen molar-refractivity contribution in [1.82, 2.24) is 0 Å². The van der Waals surface area contributed by atoms with Crippen molar-refractivity contribution in [3.63, 3.8) is 0 Å². The summed E-state index contributed by atoms with van der Waals surface area (Å²) in [5.74, 6) is 0.279. The van der Waals surface area contributed by atoms with E-state index in [0.29, 0.717) is 5.92 Å². The van der Waals surface area contributed by atoms with Gasteiger partial charge in [0.1, 0.15) is 5.83 Å². The highest BCUT2D eigenvalue weighted by atomic mass is 19.1. The maximum absolute atomic E-state index is 13.3. The molecule has 1 nitrogen and oxygen atoms in total. The third-order valence-corrected chi connectivity index (χ3v) is 2.87. The van der Waals surface area contributed by atoms with Crippen molar-refractivity contribution in [2.45, 2.75) is 32.2 Å². The fourth-order valence-corrected chi connectivity index (χ4v) is 2.03. The third kappa shape index (κ3) is 2.65. The number of allylic oxidation sites excluding steroid dienone is 5. The first-order valence-electron chi connectivity index (χ1n) is 5.56. The summed E-state index contributed by atoms with van der Waals surface area (Å²) in [6, 6.07) is 0.0184. The molecule has 0 amide bonds. The van der Waals surface area contributed by atoms with Crippen molar-refractivity contribution in [3.05, 3.63) is 36.2 Å². The predicted octanol–water partition coefficient (Wildman–Crippen LogP) is 3.60. The van der Waals surface area contributed by atoms with Crippen molar-refractivity contribution >= 4 is 5.71 Å². The molecule has 0 aromatic carbocycles. The second-order valence-corrected chi connectivity index (χ2v) is 4.09. The third-order valence-electron chi connectivity index (χ3n) is 2.87. The van der Waals surface area contributed by atoms with Crippen molar-refractivity contribution in [3.8, 4) is 0 Å². The SMILES string of the molecule is CCC1=NC2C=C(F)C=CC(CC=C1)C2. The molecule has 2 unspecified atom stereocenters. The zero-order valence-electron chi connectivity index (χ0n) is 8.99. The predicted molar refractivity (Wildman–Crippen MR) is 61.7 cm³/mol. The van der Waals surface area contributed by atoms with E-state index in [-0.39, 0.29) is 11.9 Å². The van der Waals surface area contributed by atoms with Crippen LogP contribution in [0.3, 0.4) is 0 Å². The maximum atomic E-state index is 13.3. The normalized spacial score (nSPS) is 30.0. The minimum absolute atomic E-state index is 0.0184. The van der Waals surface area contributed by atoms with Gasteiger partial charge in [-0.25, -0.2) is 4.39 Å². The molecule has 0 N–H and O–H groups in total. The average Bonchev–Trinajstić information content (AvgIpc) is 2.37. The molecule has 2 bridgehead atoms. The molecule has 2 heteroatoms. The molecule has 1 heterocycles. The largest absolute Gasteiger partial charge is 0.282 e. The number of rotatable bonds is 1. The highest BCUT2D eigenvalue weighted by Crippen LogP contribution is 2.24. The van der Waals surface area contributed by atoms with Gasteiger partial charge in [0.25, 0.3) is 0 Å². The Kier molecular flexibility index (Phi) is 3.14. The van der Waals surface area contributed by atoms with Gasteiger partial charge in [-0.05, 0) is 43.4 Å². The zero-order chi connectivity index (χ0) is 10.7. The van der Waals surface area contributed by atoms with Gasteiger partial charge in [-0.15, -0.1) is 0 Å². The highest BCUT2D eigenvalue weighted by molar-refractivity contribution is 5.95. The van der Waals surface area contributed by atoms with E-state index in [0.717, 1.165) is 25.0 Å². The van der Waals surface area contributed by atoms with Gasteiger partial charge in [0.2, 0.25) is 0 Å². The molecule has 2 rings (SSSR count). The Morgan fingerprint density at radius 3 is 3.13 bits per heavy atom. The van der Waals surface area contributed by atoms with E-state index in [1.54, 1.807) is 12.2 Å². The Balaban J connectivity index is 2.29. The molecular formula is C13H16FN. The van der Waals surface area contributed by atoms with Gasteiger partial charge in [0.15, 0.2) is 0 Å². The average molecular weight is 205 g/mol. The lowest BCUT2D eigenvalue weighted by atomic mass is 9.95. The molecule has 0 radical (unpaired) electrons. The molecule has 80 valence electrons. The van der Waals surface area contributed by atoms with E-state index in [4.69, 9.17) is 0 Å². The fraction of sp³-hybridized carbons (Fsp3) is 0.462. The molecule has 0 fully saturated rings. The molecule has 2 aliphatic rings. The Hall–Kier alpha value is -1.18. The van der Waals surface area contributed by atoms with Crippen LogP contribution in [-0.4, -0.2) is 11.8 Å². The van der Waals surface area contributed by atoms with Crippen LogP contribution in [0.25, 0.3) is 0 Å². The monoisotopic (exact) mass is 205 g/mol. The van der Waals surface area contributed by atoms with Crippen LogP contribution in [0, 0.1) is 5.92 Å². The number of hydrogen-bond acceptors (Lipinski definition) is 1. The van der Waals surface area contributed by atoms with E-state index < -0.39 is 0 Å². The van der Waals surface area contributed by atoms with Gasteiger partial charge in [-0.3, -0.25) is 4.99 Å². The molecule has 0 spiro atoms. The Morgan fingerprint density at radius 2 is 2.33 bits per heavy atom. The van der Waals surface area contributed by atoms with E-state index in [1.807, 2.05) is 6.08 Å². The molecule has 0 saturated carbocycles. The maximum Gasteiger partial charge on any atom is 0.121 e. The number of halogens is 1. The summed E-state index contributed by atoms with van der Waals surface area (Å²) in [4.78, 5) is 4.56. The molecule has 2 atom stereocenters. The summed E-state index contributed by atoms with van der Waals surface area (Å²) in [5.41, 5.74) is 1.07. The van der Waals surface area contributed by atoms with E-state index in [9.17, 15) is 4.39 Å². The van der Waals surface area contributed by atoms with Gasteiger partial charge in [0.05, 0.1) is 6.04 Å². The van der Waals surface area contributed by atoms with Crippen molar-refractivity contribution in [1.29, 1.82) is 0 Å². The summed E-state index contributed by atoms with van der Waals surface area (Å²) < 4.78 is 13.3. The lowest BCUT2D eigenvalue weighted by Crippen LogP contribution is -2.11. The van der Waals surface area contributed by atoms with Crippen LogP contribution >= 0.6 is 0 Å². The van der Waals surface area contributed by atoms with Crippen molar-refractivity contribution in [2.24, 2.45) is 10.9 Å². The topological polar surface area (TPSA) is 12.4 Å². The quantitative estimate of drug-likeness (QED) is 0.620. The van der Waals surface area contributed by atoms with E-state index in [1.165, 1.54) is 0 Å². The first-order chi connectivity index (χ1) is 7.28. The van der Waals surface area contributed by atoms with Crippen LogP contribution in [-0.2, 0) is 0 Å². The summed E-state index contributed by atoms with van der Waals surface area (Å²) in [7, 11) is 0. The molecule has 0 aromatic rings. The molecule has 1 aliphatic carbocycles. The first kappa shape index (κ1) is 10.3. The minimum Gasteiger partial charge on any atom is -0.282 e. The first-order valence-corrected chi connectivity index (χ1v) is 5.56. The van der Waals surface area contributed by atoms with Gasteiger partial charge >= 0.3 is 0 Å². The molecular weight excluding hydrogens is 189 g/mol. The molecule has 15 heavy (non-hydrogen) atoms. The standard InChI is InChI=1S/C13H16FN/c1-2-12-5-3-4-10-6-7-11(14)9-13(8-10)15-12/h3,5-7,9-10,13H,2,4,8H2,1H3. The van der Waals surface area contributed by atoms with Gasteiger partial charge in [-0.1, -0.05) is 19.1 Å². The lowest BCUT2D eigenvalue weighted by molar-refractivity contribution is 0.557. The number of fused-ring (bicyclic) bond motifs is 2. The summed E-state index contributed by atoms with van der Waals surface area (Å²) >= 11 is 0. The summed E-state index contributed by atoms with van der Waals surface area (Å²) in [6.45, 7) is 2.08. The number of aliphatic imine (C=N–C) groups is 1. The van der Waals surface area contributed by atoms with Crippen molar-refractivity contribution < 1.29 is 4.39 Å². The highest BCUT2D eigenvalue weighted by Gasteiger charge is 2.16. The smallest absolute Gasteiger partial charge is 0.121 e. The van der Waals surface area contributed by atoms with Crippen LogP contribution in [0.2, 0.25) is 0 Å². The van der Waals surface area contributed by atoms with E-state index >= 15 is 0 Å². The number of hydrogen-bond donors (Lipinski definition) is 0. The van der Waals surface area contributed by atoms with Crippen LogP contribution in [0.1, 0.15) is 26.2 Å². The van der Waals surface area contributed by atoms with Crippen LogP contribution in [0.4, 0.5) is 4.39 Å². The second-order valence-electron chi connectivity index (χ2n) is 4.09. The Morgan fingerprint density at radius 1 is 1.47 bits per heavy atom. The van der Waals surface area contributed by atoms with Crippen LogP contribution < -0.4 is 0 Å². The van der Waals surface area contributed by atoms with Gasteiger partial charge in [0, 0.05) is 5.71 Å². The van der Waals surface area contributed by atoms with Crippen LogP contribution in [0.15, 0.2) is 41.2 Å². The Bertz CT molecular complexity index is 350. The minimum atomic E-state index is -0.149. The number of nitrogens with zero attached hydrogens (tertiary/aromatic N) is 1.